The largest absolute Gasteiger partial charge is 0.465 e. The van der Waals surface area contributed by atoms with Gasteiger partial charge in [-0.25, -0.2) is 0 Å². The fourth-order valence-electron chi connectivity index (χ4n) is 1.62. The second-order valence-corrected chi connectivity index (χ2v) is 4.80. The molecule has 1 aliphatic rings. The number of hydrogen-bond acceptors (Lipinski definition) is 6. The molecule has 0 bridgehead atoms. The van der Waals surface area contributed by atoms with E-state index < -0.39 is 12.6 Å². The highest BCUT2D eigenvalue weighted by Gasteiger charge is 2.06. The molecule has 0 spiro atoms. The molecule has 1 heterocycles. The van der Waals surface area contributed by atoms with Crippen LogP contribution >= 0.6 is 0 Å². The summed E-state index contributed by atoms with van der Waals surface area (Å²) in [5, 5.41) is 21.8. The summed E-state index contributed by atoms with van der Waals surface area (Å²) in [6.45, 7) is 7.48. The molecule has 1 aromatic carbocycles. The standard InChI is InChI=1S/C12H18O4.C4H9NO/c1-3-11(13)15-9-6-5-7-10(8-9)16-12(14)4-2;1-3-6-4-2-5-1/h5-8,11-14H,3-4H2,1-2H3;5H,1-4H2. The molecule has 2 rings (SSSR count). The maximum absolute atomic E-state index is 9.32. The number of ether oxygens (including phenoxy) is 3. The number of benzene rings is 1. The van der Waals surface area contributed by atoms with E-state index in [4.69, 9.17) is 14.2 Å². The van der Waals surface area contributed by atoms with E-state index in [0.29, 0.717) is 24.3 Å². The minimum absolute atomic E-state index is 0.517. The first-order valence-corrected chi connectivity index (χ1v) is 7.73. The number of nitrogens with one attached hydrogen (secondary N) is 1. The minimum Gasteiger partial charge on any atom is -0.465 e. The fourth-order valence-corrected chi connectivity index (χ4v) is 1.62. The molecule has 1 aromatic rings. The van der Waals surface area contributed by atoms with Crippen LogP contribution in [0.15, 0.2) is 24.3 Å². The van der Waals surface area contributed by atoms with Gasteiger partial charge in [-0.1, -0.05) is 19.9 Å². The molecule has 0 aliphatic carbocycles. The Kier molecular flexibility index (Phi) is 9.57. The van der Waals surface area contributed by atoms with Crippen molar-refractivity contribution < 1.29 is 24.4 Å². The van der Waals surface area contributed by atoms with Crippen LogP contribution in [0.1, 0.15) is 26.7 Å². The van der Waals surface area contributed by atoms with E-state index in [9.17, 15) is 10.2 Å². The van der Waals surface area contributed by atoms with Crippen LogP contribution in [0.3, 0.4) is 0 Å². The topological polar surface area (TPSA) is 80.2 Å². The first-order chi connectivity index (χ1) is 10.7. The van der Waals surface area contributed by atoms with Crippen LogP contribution in [0.4, 0.5) is 0 Å². The highest BCUT2D eigenvalue weighted by molar-refractivity contribution is 5.33. The molecule has 0 radical (unpaired) electrons. The van der Waals surface area contributed by atoms with Gasteiger partial charge in [0.15, 0.2) is 12.6 Å². The smallest absolute Gasteiger partial charge is 0.197 e. The number of aliphatic hydroxyl groups is 2. The van der Waals surface area contributed by atoms with Crippen molar-refractivity contribution >= 4 is 0 Å². The van der Waals surface area contributed by atoms with Crippen LogP contribution in [-0.2, 0) is 4.74 Å². The molecule has 0 saturated carbocycles. The van der Waals surface area contributed by atoms with Crippen LogP contribution < -0.4 is 14.8 Å². The molecular formula is C16H27NO5. The Balaban J connectivity index is 0.000000335. The van der Waals surface area contributed by atoms with Crippen molar-refractivity contribution in [2.75, 3.05) is 26.3 Å². The Hall–Kier alpha value is -1.34. The summed E-state index contributed by atoms with van der Waals surface area (Å²) in [5.41, 5.74) is 0. The van der Waals surface area contributed by atoms with Gasteiger partial charge < -0.3 is 29.7 Å². The predicted molar refractivity (Wildman–Crippen MR) is 84.0 cm³/mol. The third-order valence-electron chi connectivity index (χ3n) is 2.89. The van der Waals surface area contributed by atoms with Crippen LogP contribution in [-0.4, -0.2) is 49.1 Å². The molecule has 1 aliphatic heterocycles. The quantitative estimate of drug-likeness (QED) is 0.691. The molecule has 3 N–H and O–H groups in total. The lowest BCUT2D eigenvalue weighted by molar-refractivity contribution is -0.0239. The van der Waals surface area contributed by atoms with Crippen molar-refractivity contribution in [2.45, 2.75) is 39.3 Å². The highest BCUT2D eigenvalue weighted by atomic mass is 16.6. The van der Waals surface area contributed by atoms with E-state index in [0.717, 1.165) is 26.3 Å². The first kappa shape index (κ1) is 18.7. The molecule has 6 heteroatoms. The summed E-state index contributed by atoms with van der Waals surface area (Å²) in [7, 11) is 0. The van der Waals surface area contributed by atoms with E-state index in [2.05, 4.69) is 5.32 Å². The van der Waals surface area contributed by atoms with Gasteiger partial charge in [-0.05, 0) is 12.1 Å². The molecule has 1 saturated heterocycles. The van der Waals surface area contributed by atoms with Crippen LogP contribution in [0.25, 0.3) is 0 Å². The predicted octanol–water partition coefficient (Wildman–Crippen LogP) is 1.51. The van der Waals surface area contributed by atoms with Gasteiger partial charge >= 0.3 is 0 Å². The van der Waals surface area contributed by atoms with Gasteiger partial charge in [-0.2, -0.15) is 0 Å². The van der Waals surface area contributed by atoms with Gasteiger partial charge in [0.25, 0.3) is 0 Å². The molecule has 6 nitrogen and oxygen atoms in total. The second kappa shape index (κ2) is 11.3. The van der Waals surface area contributed by atoms with E-state index in [1.165, 1.54) is 0 Å². The zero-order valence-electron chi connectivity index (χ0n) is 13.3. The minimum atomic E-state index is -0.814. The van der Waals surface area contributed by atoms with Crippen molar-refractivity contribution in [3.05, 3.63) is 24.3 Å². The number of hydrogen-bond donors (Lipinski definition) is 3. The van der Waals surface area contributed by atoms with Gasteiger partial charge in [0, 0.05) is 32.0 Å². The average Bonchev–Trinajstić information content (AvgIpc) is 2.57. The average molecular weight is 313 g/mol. The van der Waals surface area contributed by atoms with Crippen molar-refractivity contribution in [2.24, 2.45) is 0 Å². The molecular weight excluding hydrogens is 286 g/mol. The molecule has 0 aromatic heterocycles. The number of rotatable bonds is 6. The zero-order valence-corrected chi connectivity index (χ0v) is 13.3. The maximum atomic E-state index is 9.32. The van der Waals surface area contributed by atoms with Crippen molar-refractivity contribution in [3.63, 3.8) is 0 Å². The molecule has 22 heavy (non-hydrogen) atoms. The van der Waals surface area contributed by atoms with Crippen molar-refractivity contribution in [1.29, 1.82) is 0 Å². The van der Waals surface area contributed by atoms with Crippen LogP contribution in [0.2, 0.25) is 0 Å². The lowest BCUT2D eigenvalue weighted by atomic mass is 10.3. The zero-order chi connectivity index (χ0) is 16.2. The van der Waals surface area contributed by atoms with Crippen molar-refractivity contribution in [1.82, 2.24) is 5.32 Å². The van der Waals surface area contributed by atoms with E-state index >= 15 is 0 Å². The summed E-state index contributed by atoms with van der Waals surface area (Å²) < 4.78 is 15.4. The second-order valence-electron chi connectivity index (χ2n) is 4.80. The molecule has 0 amide bonds. The van der Waals surface area contributed by atoms with Gasteiger partial charge in [0.2, 0.25) is 0 Å². The first-order valence-electron chi connectivity index (χ1n) is 7.73. The third-order valence-corrected chi connectivity index (χ3v) is 2.89. The van der Waals surface area contributed by atoms with E-state index in [1.807, 2.05) is 13.8 Å². The monoisotopic (exact) mass is 313 g/mol. The Labute approximate surface area is 132 Å². The highest BCUT2D eigenvalue weighted by Crippen LogP contribution is 2.21. The Morgan fingerprint density at radius 1 is 1.05 bits per heavy atom. The third kappa shape index (κ3) is 8.19. The Morgan fingerprint density at radius 2 is 1.55 bits per heavy atom. The fraction of sp³-hybridized carbons (Fsp3) is 0.625. The summed E-state index contributed by atoms with van der Waals surface area (Å²) >= 11 is 0. The summed E-state index contributed by atoms with van der Waals surface area (Å²) in [6.07, 6.45) is -0.594. The van der Waals surface area contributed by atoms with Gasteiger partial charge in [0.05, 0.1) is 13.2 Å². The van der Waals surface area contributed by atoms with Gasteiger partial charge in [-0.3, -0.25) is 0 Å². The van der Waals surface area contributed by atoms with Gasteiger partial charge in [-0.15, -0.1) is 0 Å². The molecule has 126 valence electrons. The van der Waals surface area contributed by atoms with Crippen molar-refractivity contribution in [3.8, 4) is 11.5 Å². The summed E-state index contributed by atoms with van der Waals surface area (Å²) in [5.74, 6) is 1.05. The molecule has 2 unspecified atom stereocenters. The molecule has 2 atom stereocenters. The Morgan fingerprint density at radius 3 is 1.86 bits per heavy atom. The SMILES string of the molecule is C1COCCN1.CCC(O)Oc1cccc(OC(O)CC)c1. The summed E-state index contributed by atoms with van der Waals surface area (Å²) in [6, 6.07) is 6.83. The summed E-state index contributed by atoms with van der Waals surface area (Å²) in [4.78, 5) is 0. The molecule has 1 fully saturated rings. The lowest BCUT2D eigenvalue weighted by Crippen LogP contribution is -2.30. The van der Waals surface area contributed by atoms with Gasteiger partial charge in [0.1, 0.15) is 11.5 Å². The van der Waals surface area contributed by atoms with Crippen LogP contribution in [0.5, 0.6) is 11.5 Å². The van der Waals surface area contributed by atoms with E-state index in [-0.39, 0.29) is 0 Å². The lowest BCUT2D eigenvalue weighted by Gasteiger charge is -2.14. The number of morpholine rings is 1. The van der Waals surface area contributed by atoms with E-state index in [1.54, 1.807) is 24.3 Å². The van der Waals surface area contributed by atoms with Crippen LogP contribution in [0, 0.1) is 0 Å². The Bertz CT molecular complexity index is 359. The normalized spacial score (nSPS) is 16.9. The number of aliphatic hydroxyl groups excluding tert-OH is 2. The maximum Gasteiger partial charge on any atom is 0.197 e.